The number of hydrogen-bond donors (Lipinski definition) is 2. The molecular weight excluding hydrogens is 266 g/mol. The van der Waals surface area contributed by atoms with Crippen LogP contribution in [-0.2, 0) is 19.5 Å². The van der Waals surface area contributed by atoms with E-state index in [0.717, 1.165) is 37.3 Å². The second-order valence-corrected chi connectivity index (χ2v) is 5.25. The van der Waals surface area contributed by atoms with Crippen LogP contribution < -0.4 is 5.56 Å². The number of H-pyrrole nitrogens is 1. The van der Waals surface area contributed by atoms with E-state index in [-0.39, 0.29) is 5.56 Å². The topological polar surface area (TPSA) is 68.7 Å². The van der Waals surface area contributed by atoms with Crippen molar-refractivity contribution in [2.45, 2.75) is 19.5 Å². The number of aromatic nitrogens is 1. The quantitative estimate of drug-likeness (QED) is 0.512. The summed E-state index contributed by atoms with van der Waals surface area (Å²) >= 11 is 0. The number of aromatic amines is 1. The molecule has 3 rings (SSSR count). The van der Waals surface area contributed by atoms with Gasteiger partial charge < -0.3 is 10.2 Å². The zero-order chi connectivity index (χ0) is 14.7. The van der Waals surface area contributed by atoms with Crippen LogP contribution in [0.1, 0.15) is 22.4 Å². The van der Waals surface area contributed by atoms with E-state index in [2.05, 4.69) is 27.2 Å². The molecule has 1 aromatic heterocycles. The normalized spacial score (nSPS) is 15.2. The van der Waals surface area contributed by atoms with E-state index in [1.807, 2.05) is 24.3 Å². The van der Waals surface area contributed by atoms with Gasteiger partial charge in [0, 0.05) is 31.7 Å². The monoisotopic (exact) mass is 283 g/mol. The van der Waals surface area contributed by atoms with Crippen molar-refractivity contribution < 1.29 is 5.21 Å². The fourth-order valence-electron chi connectivity index (χ4n) is 2.72. The second-order valence-electron chi connectivity index (χ2n) is 5.25. The van der Waals surface area contributed by atoms with Crippen LogP contribution in [0.3, 0.4) is 0 Å². The predicted octanol–water partition coefficient (Wildman–Crippen LogP) is 1.74. The molecule has 0 saturated heterocycles. The van der Waals surface area contributed by atoms with Crippen LogP contribution in [0.2, 0.25) is 0 Å². The highest BCUT2D eigenvalue weighted by molar-refractivity contribution is 5.78. The first-order chi connectivity index (χ1) is 10.3. The van der Waals surface area contributed by atoms with E-state index in [1.54, 1.807) is 0 Å². The molecule has 2 aromatic rings. The summed E-state index contributed by atoms with van der Waals surface area (Å²) in [4.78, 5) is 17.0. The lowest BCUT2D eigenvalue weighted by Crippen LogP contribution is -2.32. The van der Waals surface area contributed by atoms with Gasteiger partial charge in [-0.2, -0.15) is 0 Å². The Balaban J connectivity index is 1.81. The van der Waals surface area contributed by atoms with Crippen molar-refractivity contribution in [2.75, 3.05) is 6.54 Å². The summed E-state index contributed by atoms with van der Waals surface area (Å²) in [7, 11) is 0. The largest absolute Gasteiger partial charge is 0.411 e. The van der Waals surface area contributed by atoms with Gasteiger partial charge in [0.1, 0.15) is 0 Å². The van der Waals surface area contributed by atoms with Crippen molar-refractivity contribution in [3.63, 3.8) is 0 Å². The van der Waals surface area contributed by atoms with Gasteiger partial charge in [-0.15, -0.1) is 0 Å². The molecule has 0 saturated carbocycles. The average molecular weight is 283 g/mol. The van der Waals surface area contributed by atoms with Gasteiger partial charge in [0.25, 0.3) is 5.56 Å². The molecule has 0 fully saturated rings. The van der Waals surface area contributed by atoms with Gasteiger partial charge in [0.15, 0.2) is 0 Å². The van der Waals surface area contributed by atoms with E-state index in [1.165, 1.54) is 11.8 Å². The summed E-state index contributed by atoms with van der Waals surface area (Å²) in [5.74, 6) is 0. The average Bonchev–Trinajstić information content (AvgIpc) is 2.50. The molecule has 0 amide bonds. The SMILES string of the molecule is O=c1[nH]c2c(cc1C=NO)CN(Cc1ccccc1)CC2. The summed E-state index contributed by atoms with van der Waals surface area (Å²) in [6, 6.07) is 12.1. The van der Waals surface area contributed by atoms with E-state index >= 15 is 0 Å². The molecule has 5 heteroatoms. The van der Waals surface area contributed by atoms with E-state index < -0.39 is 0 Å². The lowest BCUT2D eigenvalue weighted by atomic mass is 10.0. The molecule has 0 bridgehead atoms. The highest BCUT2D eigenvalue weighted by Crippen LogP contribution is 2.18. The number of pyridine rings is 1. The van der Waals surface area contributed by atoms with Crippen molar-refractivity contribution in [3.05, 3.63) is 69.1 Å². The Labute approximate surface area is 122 Å². The third-order valence-corrected chi connectivity index (χ3v) is 3.76. The van der Waals surface area contributed by atoms with E-state index in [9.17, 15) is 4.79 Å². The van der Waals surface area contributed by atoms with Gasteiger partial charge in [-0.1, -0.05) is 35.5 Å². The van der Waals surface area contributed by atoms with Crippen LogP contribution in [0.15, 0.2) is 46.3 Å². The predicted molar refractivity (Wildman–Crippen MR) is 80.7 cm³/mol. The third kappa shape index (κ3) is 3.03. The standard InChI is InChI=1S/C16H17N3O2/c20-16-13(9-17-21)8-14-11-19(7-6-15(14)18-16)10-12-4-2-1-3-5-12/h1-5,8-9,21H,6-7,10-11H2,(H,18,20). The highest BCUT2D eigenvalue weighted by Gasteiger charge is 2.18. The molecule has 2 N–H and O–H groups in total. The van der Waals surface area contributed by atoms with Crippen LogP contribution in [-0.4, -0.2) is 27.9 Å². The highest BCUT2D eigenvalue weighted by atomic mass is 16.4. The molecule has 1 aliphatic rings. The van der Waals surface area contributed by atoms with Gasteiger partial charge in [-0.3, -0.25) is 9.69 Å². The number of nitrogens with one attached hydrogen (secondary N) is 1. The number of oxime groups is 1. The maximum absolute atomic E-state index is 11.8. The number of fused-ring (bicyclic) bond motifs is 1. The lowest BCUT2D eigenvalue weighted by molar-refractivity contribution is 0.243. The Morgan fingerprint density at radius 2 is 2.14 bits per heavy atom. The number of rotatable bonds is 3. The van der Waals surface area contributed by atoms with Crippen LogP contribution in [0, 0.1) is 0 Å². The molecule has 0 atom stereocenters. The summed E-state index contributed by atoms with van der Waals surface area (Å²) in [6.45, 7) is 2.60. The molecule has 1 aromatic carbocycles. The van der Waals surface area contributed by atoms with Gasteiger partial charge in [0.05, 0.1) is 11.8 Å². The summed E-state index contributed by atoms with van der Waals surface area (Å²) in [5, 5.41) is 11.5. The molecule has 0 radical (unpaired) electrons. The number of nitrogens with zero attached hydrogens (tertiary/aromatic N) is 2. The molecule has 0 unspecified atom stereocenters. The molecule has 2 heterocycles. The first-order valence-corrected chi connectivity index (χ1v) is 6.95. The molecule has 108 valence electrons. The zero-order valence-electron chi connectivity index (χ0n) is 11.6. The second kappa shape index (κ2) is 5.93. The van der Waals surface area contributed by atoms with Crippen LogP contribution in [0.5, 0.6) is 0 Å². The maximum atomic E-state index is 11.8. The summed E-state index contributed by atoms with van der Waals surface area (Å²) < 4.78 is 0. The minimum atomic E-state index is -0.206. The van der Waals surface area contributed by atoms with Crippen LogP contribution >= 0.6 is 0 Å². The molecule has 0 spiro atoms. The summed E-state index contributed by atoms with van der Waals surface area (Å²) in [6.07, 6.45) is 2.00. The van der Waals surface area contributed by atoms with Gasteiger partial charge in [0.2, 0.25) is 0 Å². The smallest absolute Gasteiger partial charge is 0.257 e. The minimum absolute atomic E-state index is 0.206. The van der Waals surface area contributed by atoms with Crippen molar-refractivity contribution in [1.29, 1.82) is 0 Å². The van der Waals surface area contributed by atoms with Crippen molar-refractivity contribution in [1.82, 2.24) is 9.88 Å². The molecule has 1 aliphatic heterocycles. The first-order valence-electron chi connectivity index (χ1n) is 6.95. The summed E-state index contributed by atoms with van der Waals surface area (Å²) in [5.41, 5.74) is 3.54. The molecule has 21 heavy (non-hydrogen) atoms. The molecule has 5 nitrogen and oxygen atoms in total. The fourth-order valence-corrected chi connectivity index (χ4v) is 2.72. The third-order valence-electron chi connectivity index (χ3n) is 3.76. The van der Waals surface area contributed by atoms with E-state index in [0.29, 0.717) is 5.56 Å². The van der Waals surface area contributed by atoms with Crippen molar-refractivity contribution in [2.24, 2.45) is 5.16 Å². The Morgan fingerprint density at radius 1 is 1.33 bits per heavy atom. The Bertz CT molecular complexity index is 707. The minimum Gasteiger partial charge on any atom is -0.411 e. The van der Waals surface area contributed by atoms with Gasteiger partial charge in [-0.25, -0.2) is 0 Å². The van der Waals surface area contributed by atoms with Crippen molar-refractivity contribution in [3.8, 4) is 0 Å². The lowest BCUT2D eigenvalue weighted by Gasteiger charge is -2.28. The fraction of sp³-hybridized carbons (Fsp3) is 0.250. The van der Waals surface area contributed by atoms with E-state index in [4.69, 9.17) is 5.21 Å². The Morgan fingerprint density at radius 3 is 2.90 bits per heavy atom. The maximum Gasteiger partial charge on any atom is 0.257 e. The Kier molecular flexibility index (Phi) is 3.83. The van der Waals surface area contributed by atoms with Gasteiger partial charge >= 0.3 is 0 Å². The van der Waals surface area contributed by atoms with Crippen LogP contribution in [0.4, 0.5) is 0 Å². The number of hydrogen-bond acceptors (Lipinski definition) is 4. The van der Waals surface area contributed by atoms with Gasteiger partial charge in [-0.05, 0) is 17.2 Å². The molecular formula is C16H17N3O2. The van der Waals surface area contributed by atoms with Crippen LogP contribution in [0.25, 0.3) is 0 Å². The Hall–Kier alpha value is -2.40. The molecule has 0 aliphatic carbocycles. The van der Waals surface area contributed by atoms with Crippen molar-refractivity contribution >= 4 is 6.21 Å². The number of benzene rings is 1. The zero-order valence-corrected chi connectivity index (χ0v) is 11.6. The first kappa shape index (κ1) is 13.6.